The third-order valence-corrected chi connectivity index (χ3v) is 5.11. The van der Waals surface area contributed by atoms with Crippen LogP contribution in [0.1, 0.15) is 25.3 Å². The topological polar surface area (TPSA) is 55.3 Å². The molecule has 3 aliphatic rings. The van der Waals surface area contributed by atoms with Crippen LogP contribution in [0.15, 0.2) is 23.2 Å². The van der Waals surface area contributed by atoms with E-state index in [2.05, 4.69) is 23.2 Å². The summed E-state index contributed by atoms with van der Waals surface area (Å²) in [4.78, 5) is 7.22. The third-order valence-electron chi connectivity index (χ3n) is 5.11. The van der Waals surface area contributed by atoms with E-state index >= 15 is 0 Å². The van der Waals surface area contributed by atoms with Crippen molar-refractivity contribution in [3.05, 3.63) is 23.8 Å². The number of likely N-dealkylation sites (tertiary alicyclic amines) is 1. The van der Waals surface area contributed by atoms with Gasteiger partial charge < -0.3 is 24.4 Å². The Morgan fingerprint density at radius 3 is 3.04 bits per heavy atom. The van der Waals surface area contributed by atoms with Crippen LogP contribution in [0.2, 0.25) is 0 Å². The number of nitrogens with one attached hydrogen (secondary N) is 1. The normalized spacial score (nSPS) is 25.7. The second-order valence-electron chi connectivity index (χ2n) is 6.83. The van der Waals surface area contributed by atoms with Crippen molar-refractivity contribution in [1.29, 1.82) is 0 Å². The molecule has 0 radical (unpaired) electrons. The number of benzene rings is 1. The van der Waals surface area contributed by atoms with Crippen LogP contribution in [-0.4, -0.2) is 50.5 Å². The lowest BCUT2D eigenvalue weighted by molar-refractivity contribution is 0.156. The number of aliphatic imine (C=N–C) groups is 1. The van der Waals surface area contributed by atoms with Crippen molar-refractivity contribution in [2.24, 2.45) is 10.4 Å². The highest BCUT2D eigenvalue weighted by Gasteiger charge is 2.42. The molecule has 3 aliphatic heterocycles. The van der Waals surface area contributed by atoms with Gasteiger partial charge in [0, 0.05) is 31.7 Å². The molecule has 1 N–H and O–H groups in total. The first kappa shape index (κ1) is 15.6. The van der Waals surface area contributed by atoms with Crippen molar-refractivity contribution in [2.45, 2.75) is 26.3 Å². The number of guanidine groups is 1. The highest BCUT2D eigenvalue weighted by molar-refractivity contribution is 5.80. The molecule has 0 bridgehead atoms. The molecule has 1 unspecified atom stereocenters. The molecule has 3 heterocycles. The molecule has 6 heteroatoms. The predicted octanol–water partition coefficient (Wildman–Crippen LogP) is 1.99. The Hall–Kier alpha value is -1.95. The number of hydrogen-bond acceptors (Lipinski definition) is 4. The summed E-state index contributed by atoms with van der Waals surface area (Å²) in [6, 6.07) is 6.03. The fourth-order valence-corrected chi connectivity index (χ4v) is 3.72. The summed E-state index contributed by atoms with van der Waals surface area (Å²) >= 11 is 0. The van der Waals surface area contributed by atoms with Crippen LogP contribution in [-0.2, 0) is 11.3 Å². The monoisotopic (exact) mass is 331 g/mol. The molecule has 1 spiro atoms. The second-order valence-corrected chi connectivity index (χ2v) is 6.83. The van der Waals surface area contributed by atoms with E-state index in [4.69, 9.17) is 19.2 Å². The van der Waals surface area contributed by atoms with Gasteiger partial charge in [-0.25, -0.2) is 4.99 Å². The number of ether oxygens (including phenoxy) is 3. The van der Waals surface area contributed by atoms with E-state index in [0.717, 1.165) is 55.9 Å². The summed E-state index contributed by atoms with van der Waals surface area (Å²) in [7, 11) is 0. The van der Waals surface area contributed by atoms with Crippen LogP contribution in [0, 0.1) is 5.41 Å². The van der Waals surface area contributed by atoms with Gasteiger partial charge in [0.05, 0.1) is 13.2 Å². The Morgan fingerprint density at radius 2 is 2.21 bits per heavy atom. The summed E-state index contributed by atoms with van der Waals surface area (Å²) in [5, 5.41) is 3.43. The Labute approximate surface area is 142 Å². The Morgan fingerprint density at radius 1 is 1.29 bits per heavy atom. The van der Waals surface area contributed by atoms with E-state index in [9.17, 15) is 0 Å². The van der Waals surface area contributed by atoms with Crippen LogP contribution in [0.25, 0.3) is 0 Å². The Balaban J connectivity index is 1.45. The largest absolute Gasteiger partial charge is 0.454 e. The molecule has 24 heavy (non-hydrogen) atoms. The summed E-state index contributed by atoms with van der Waals surface area (Å²) < 4.78 is 16.4. The van der Waals surface area contributed by atoms with Gasteiger partial charge in [0.15, 0.2) is 17.5 Å². The fourth-order valence-electron chi connectivity index (χ4n) is 3.72. The van der Waals surface area contributed by atoms with E-state index in [1.165, 1.54) is 12.8 Å². The fraction of sp³-hybridized carbons (Fsp3) is 0.611. The van der Waals surface area contributed by atoms with E-state index in [1.54, 1.807) is 0 Å². The second kappa shape index (κ2) is 6.51. The van der Waals surface area contributed by atoms with Crippen LogP contribution < -0.4 is 14.8 Å². The number of fused-ring (bicyclic) bond motifs is 1. The first-order chi connectivity index (χ1) is 11.8. The van der Waals surface area contributed by atoms with Crippen molar-refractivity contribution in [2.75, 3.05) is 39.6 Å². The van der Waals surface area contributed by atoms with Gasteiger partial charge in [0.25, 0.3) is 0 Å². The SMILES string of the molecule is CCNC(=NCc1ccc2c(c1)OCO2)N1CCC2(CCOC2)C1. The summed E-state index contributed by atoms with van der Waals surface area (Å²) in [5.41, 5.74) is 1.47. The zero-order valence-corrected chi connectivity index (χ0v) is 14.2. The lowest BCUT2D eigenvalue weighted by atomic mass is 9.87. The zero-order valence-electron chi connectivity index (χ0n) is 14.2. The van der Waals surface area contributed by atoms with Crippen LogP contribution >= 0.6 is 0 Å². The molecule has 0 aromatic heterocycles. The minimum atomic E-state index is 0.308. The predicted molar refractivity (Wildman–Crippen MR) is 91.4 cm³/mol. The highest BCUT2D eigenvalue weighted by Crippen LogP contribution is 2.38. The average Bonchev–Trinajstić information content (AvgIpc) is 3.33. The van der Waals surface area contributed by atoms with E-state index < -0.39 is 0 Å². The number of rotatable bonds is 3. The van der Waals surface area contributed by atoms with Gasteiger partial charge in [-0.3, -0.25) is 0 Å². The van der Waals surface area contributed by atoms with Gasteiger partial charge in [-0.15, -0.1) is 0 Å². The van der Waals surface area contributed by atoms with Gasteiger partial charge in [0.1, 0.15) is 0 Å². The molecule has 2 saturated heterocycles. The molecule has 6 nitrogen and oxygen atoms in total. The lowest BCUT2D eigenvalue weighted by Crippen LogP contribution is -2.41. The van der Waals surface area contributed by atoms with Gasteiger partial charge in [-0.1, -0.05) is 6.07 Å². The van der Waals surface area contributed by atoms with Gasteiger partial charge in [-0.05, 0) is 37.5 Å². The van der Waals surface area contributed by atoms with E-state index in [0.29, 0.717) is 18.8 Å². The van der Waals surface area contributed by atoms with Gasteiger partial charge >= 0.3 is 0 Å². The van der Waals surface area contributed by atoms with E-state index in [1.807, 2.05) is 12.1 Å². The molecule has 1 aromatic carbocycles. The van der Waals surface area contributed by atoms with E-state index in [-0.39, 0.29) is 0 Å². The zero-order chi connectivity index (χ0) is 16.4. The van der Waals surface area contributed by atoms with Crippen molar-refractivity contribution >= 4 is 5.96 Å². The van der Waals surface area contributed by atoms with Gasteiger partial charge in [0.2, 0.25) is 6.79 Å². The van der Waals surface area contributed by atoms with Crippen molar-refractivity contribution < 1.29 is 14.2 Å². The van der Waals surface area contributed by atoms with Crippen LogP contribution in [0.3, 0.4) is 0 Å². The highest BCUT2D eigenvalue weighted by atomic mass is 16.7. The standard InChI is InChI=1S/C18H25N3O3/c1-2-19-17(21-7-5-18(11-21)6-8-22-12-18)20-10-14-3-4-15-16(9-14)24-13-23-15/h3-4,9H,2,5-8,10-13H2,1H3,(H,19,20). The molecular formula is C18H25N3O3. The third kappa shape index (κ3) is 3.02. The first-order valence-corrected chi connectivity index (χ1v) is 8.78. The summed E-state index contributed by atoms with van der Waals surface area (Å²) in [6.07, 6.45) is 2.37. The van der Waals surface area contributed by atoms with Crippen molar-refractivity contribution in [1.82, 2.24) is 10.2 Å². The Kier molecular flexibility index (Phi) is 4.22. The molecule has 1 aromatic rings. The quantitative estimate of drug-likeness (QED) is 0.678. The van der Waals surface area contributed by atoms with Crippen LogP contribution in [0.4, 0.5) is 0 Å². The molecule has 0 amide bonds. The summed E-state index contributed by atoms with van der Waals surface area (Å²) in [5.74, 6) is 2.63. The molecule has 1 atom stereocenters. The van der Waals surface area contributed by atoms with Crippen molar-refractivity contribution in [3.8, 4) is 11.5 Å². The molecule has 0 saturated carbocycles. The number of nitrogens with zero attached hydrogens (tertiary/aromatic N) is 2. The maximum Gasteiger partial charge on any atom is 0.231 e. The van der Waals surface area contributed by atoms with Crippen molar-refractivity contribution in [3.63, 3.8) is 0 Å². The number of hydrogen-bond donors (Lipinski definition) is 1. The van der Waals surface area contributed by atoms with Crippen LogP contribution in [0.5, 0.6) is 11.5 Å². The minimum absolute atomic E-state index is 0.308. The Bertz CT molecular complexity index is 626. The van der Waals surface area contributed by atoms with Gasteiger partial charge in [-0.2, -0.15) is 0 Å². The first-order valence-electron chi connectivity index (χ1n) is 8.78. The minimum Gasteiger partial charge on any atom is -0.454 e. The smallest absolute Gasteiger partial charge is 0.231 e. The molecule has 130 valence electrons. The maximum atomic E-state index is 5.63. The lowest BCUT2D eigenvalue weighted by Gasteiger charge is -2.25. The maximum absolute atomic E-state index is 5.63. The molecule has 2 fully saturated rings. The molecule has 0 aliphatic carbocycles. The molecular weight excluding hydrogens is 306 g/mol. The average molecular weight is 331 g/mol. The molecule has 4 rings (SSSR count). The summed E-state index contributed by atoms with van der Waals surface area (Å²) in [6.45, 7) is 7.82.